The predicted molar refractivity (Wildman–Crippen MR) is 83.2 cm³/mol. The van der Waals surface area contributed by atoms with Crippen LogP contribution in [0.3, 0.4) is 0 Å². The van der Waals surface area contributed by atoms with Gasteiger partial charge in [0.05, 0.1) is 18.1 Å². The van der Waals surface area contributed by atoms with E-state index < -0.39 is 0 Å². The molecule has 1 amide bonds. The third-order valence-electron chi connectivity index (χ3n) is 4.23. The third kappa shape index (κ3) is 2.89. The fourth-order valence-electron chi connectivity index (χ4n) is 2.91. The number of amides is 1. The molecule has 0 spiro atoms. The average molecular weight is 283 g/mol. The minimum absolute atomic E-state index is 0.105. The van der Waals surface area contributed by atoms with Gasteiger partial charge in [0, 0.05) is 22.8 Å². The number of fused-ring (bicyclic) bond motifs is 2. The van der Waals surface area contributed by atoms with Crippen LogP contribution in [0.15, 0.2) is 18.3 Å². The molecule has 0 saturated heterocycles. The van der Waals surface area contributed by atoms with Gasteiger partial charge in [-0.2, -0.15) is 0 Å². The first-order valence-corrected chi connectivity index (χ1v) is 7.76. The number of aromatic nitrogens is 2. The number of carbonyl (C=O) groups excluding carboxylic acids is 1. The number of nitrogens with zero attached hydrogens (tertiary/aromatic N) is 2. The molecule has 1 N–H and O–H groups in total. The van der Waals surface area contributed by atoms with Gasteiger partial charge < -0.3 is 5.32 Å². The van der Waals surface area contributed by atoms with Crippen LogP contribution in [0.4, 0.5) is 0 Å². The molecule has 0 saturated carbocycles. The predicted octanol–water partition coefficient (Wildman–Crippen LogP) is 2.58. The topological polar surface area (TPSA) is 54.9 Å². The smallest absolute Gasteiger partial charge is 0.224 e. The summed E-state index contributed by atoms with van der Waals surface area (Å²) in [6.07, 6.45) is 6.03. The highest BCUT2D eigenvalue weighted by molar-refractivity contribution is 5.83. The highest BCUT2D eigenvalue weighted by Gasteiger charge is 2.19. The molecule has 1 atom stereocenters. The van der Waals surface area contributed by atoms with Gasteiger partial charge in [-0.1, -0.05) is 13.8 Å². The van der Waals surface area contributed by atoms with Crippen molar-refractivity contribution in [3.8, 4) is 0 Å². The fraction of sp³-hybridized carbons (Fsp3) is 0.471. The first-order chi connectivity index (χ1) is 10.2. The molecule has 3 rings (SSSR count). The number of carbonyl (C=O) groups is 1. The molecule has 4 nitrogen and oxygen atoms in total. The van der Waals surface area contributed by atoms with Gasteiger partial charge in [0.1, 0.15) is 0 Å². The summed E-state index contributed by atoms with van der Waals surface area (Å²) in [5.41, 5.74) is 4.11. The minimum atomic E-state index is 0.105. The van der Waals surface area contributed by atoms with E-state index in [0.717, 1.165) is 53.5 Å². The standard InChI is InChI=1S/C17H21N3O/c1-3-13-5-6-15-12(9-17(21)19-13)7-11-8-14(4-2)18-10-16(11)20-15/h7-8,10,13H,3-6,9H2,1-2H3,(H,19,21). The summed E-state index contributed by atoms with van der Waals surface area (Å²) in [5, 5.41) is 4.19. The van der Waals surface area contributed by atoms with E-state index >= 15 is 0 Å². The van der Waals surface area contributed by atoms with Crippen molar-refractivity contribution in [1.29, 1.82) is 0 Å². The van der Waals surface area contributed by atoms with Crippen molar-refractivity contribution in [2.75, 3.05) is 0 Å². The van der Waals surface area contributed by atoms with Crippen LogP contribution in [-0.2, 0) is 24.1 Å². The molecule has 4 heteroatoms. The second-order valence-electron chi connectivity index (χ2n) is 5.70. The number of hydrogen-bond donors (Lipinski definition) is 1. The zero-order valence-electron chi connectivity index (χ0n) is 12.6. The molecule has 2 aromatic rings. The van der Waals surface area contributed by atoms with Gasteiger partial charge in [0.25, 0.3) is 0 Å². The second kappa shape index (κ2) is 5.80. The Morgan fingerprint density at radius 1 is 1.33 bits per heavy atom. The molecule has 0 radical (unpaired) electrons. The van der Waals surface area contributed by atoms with Crippen molar-refractivity contribution in [2.24, 2.45) is 0 Å². The fourth-order valence-corrected chi connectivity index (χ4v) is 2.91. The summed E-state index contributed by atoms with van der Waals surface area (Å²) < 4.78 is 0. The Hall–Kier alpha value is -1.97. The molecule has 1 aliphatic rings. The molecule has 1 aliphatic heterocycles. The number of rotatable bonds is 2. The molecule has 1 unspecified atom stereocenters. The van der Waals surface area contributed by atoms with Crippen LogP contribution in [0.5, 0.6) is 0 Å². The Kier molecular flexibility index (Phi) is 3.86. The van der Waals surface area contributed by atoms with E-state index in [9.17, 15) is 4.79 Å². The van der Waals surface area contributed by atoms with E-state index in [1.165, 1.54) is 0 Å². The van der Waals surface area contributed by atoms with Crippen molar-refractivity contribution < 1.29 is 4.79 Å². The van der Waals surface area contributed by atoms with Gasteiger partial charge in [-0.25, -0.2) is 0 Å². The Balaban J connectivity index is 2.04. The largest absolute Gasteiger partial charge is 0.353 e. The van der Waals surface area contributed by atoms with Crippen LogP contribution in [0, 0.1) is 0 Å². The van der Waals surface area contributed by atoms with Crippen LogP contribution < -0.4 is 5.32 Å². The molecule has 2 aromatic heterocycles. The van der Waals surface area contributed by atoms with Gasteiger partial charge in [-0.3, -0.25) is 14.8 Å². The van der Waals surface area contributed by atoms with Crippen molar-refractivity contribution >= 4 is 16.8 Å². The summed E-state index contributed by atoms with van der Waals surface area (Å²) in [5.74, 6) is 0.105. The lowest BCUT2D eigenvalue weighted by molar-refractivity contribution is -0.121. The van der Waals surface area contributed by atoms with Crippen molar-refractivity contribution in [3.63, 3.8) is 0 Å². The summed E-state index contributed by atoms with van der Waals surface area (Å²) in [6, 6.07) is 4.46. The van der Waals surface area contributed by atoms with Gasteiger partial charge in [0.15, 0.2) is 0 Å². The molecule has 0 fully saturated rings. The van der Waals surface area contributed by atoms with Gasteiger partial charge >= 0.3 is 0 Å². The lowest BCUT2D eigenvalue weighted by Crippen LogP contribution is -2.37. The number of hydrogen-bond acceptors (Lipinski definition) is 3. The maximum atomic E-state index is 12.1. The van der Waals surface area contributed by atoms with Gasteiger partial charge in [0.2, 0.25) is 5.91 Å². The summed E-state index contributed by atoms with van der Waals surface area (Å²) in [7, 11) is 0. The molecule has 0 bridgehead atoms. The Labute approximate surface area is 125 Å². The normalized spacial score (nSPS) is 18.8. The zero-order chi connectivity index (χ0) is 14.8. The van der Waals surface area contributed by atoms with Crippen LogP contribution in [-0.4, -0.2) is 21.9 Å². The monoisotopic (exact) mass is 283 g/mol. The maximum Gasteiger partial charge on any atom is 0.224 e. The van der Waals surface area contributed by atoms with Crippen molar-refractivity contribution in [2.45, 2.75) is 52.0 Å². The molecule has 21 heavy (non-hydrogen) atoms. The molecular formula is C17H21N3O. The summed E-state index contributed by atoms with van der Waals surface area (Å²) >= 11 is 0. The van der Waals surface area contributed by atoms with E-state index in [4.69, 9.17) is 4.98 Å². The number of aryl methyl sites for hydroxylation is 2. The van der Waals surface area contributed by atoms with E-state index in [1.54, 1.807) is 0 Å². The summed E-state index contributed by atoms with van der Waals surface area (Å²) in [4.78, 5) is 21.2. The zero-order valence-corrected chi connectivity index (χ0v) is 12.6. The number of pyridine rings is 2. The van der Waals surface area contributed by atoms with Gasteiger partial charge in [-0.15, -0.1) is 0 Å². The second-order valence-corrected chi connectivity index (χ2v) is 5.70. The van der Waals surface area contributed by atoms with E-state index in [0.29, 0.717) is 6.42 Å². The molecule has 0 aliphatic carbocycles. The van der Waals surface area contributed by atoms with Crippen molar-refractivity contribution in [1.82, 2.24) is 15.3 Å². The SMILES string of the molecule is CCc1cc2cc3c(nc2cn1)CCC(CC)NC(=O)C3. The van der Waals surface area contributed by atoms with E-state index in [2.05, 4.69) is 36.3 Å². The first kappa shape index (κ1) is 14.0. The van der Waals surface area contributed by atoms with Crippen LogP contribution >= 0.6 is 0 Å². The van der Waals surface area contributed by atoms with Gasteiger partial charge in [-0.05, 0) is 43.4 Å². The first-order valence-electron chi connectivity index (χ1n) is 7.76. The summed E-state index contributed by atoms with van der Waals surface area (Å²) in [6.45, 7) is 4.20. The average Bonchev–Trinajstić information content (AvgIpc) is 2.49. The quantitative estimate of drug-likeness (QED) is 0.921. The molecule has 110 valence electrons. The van der Waals surface area contributed by atoms with E-state index in [-0.39, 0.29) is 11.9 Å². The van der Waals surface area contributed by atoms with Crippen molar-refractivity contribution in [3.05, 3.63) is 35.3 Å². The van der Waals surface area contributed by atoms with Crippen LogP contribution in [0.2, 0.25) is 0 Å². The third-order valence-corrected chi connectivity index (χ3v) is 4.23. The Bertz CT molecular complexity index is 681. The molecular weight excluding hydrogens is 262 g/mol. The van der Waals surface area contributed by atoms with Crippen LogP contribution in [0.1, 0.15) is 43.6 Å². The molecule has 0 aromatic carbocycles. The Morgan fingerprint density at radius 3 is 2.95 bits per heavy atom. The number of nitrogens with one attached hydrogen (secondary N) is 1. The lowest BCUT2D eigenvalue weighted by Gasteiger charge is -2.21. The highest BCUT2D eigenvalue weighted by Crippen LogP contribution is 2.21. The lowest BCUT2D eigenvalue weighted by atomic mass is 9.97. The molecule has 3 heterocycles. The Morgan fingerprint density at radius 2 is 2.19 bits per heavy atom. The maximum absolute atomic E-state index is 12.1. The van der Waals surface area contributed by atoms with Crippen LogP contribution in [0.25, 0.3) is 10.9 Å². The highest BCUT2D eigenvalue weighted by atomic mass is 16.1. The minimum Gasteiger partial charge on any atom is -0.353 e. The van der Waals surface area contributed by atoms with E-state index in [1.807, 2.05) is 6.20 Å².